The zero-order chi connectivity index (χ0) is 13.8. The number of halogens is 3. The summed E-state index contributed by atoms with van der Waals surface area (Å²) in [6.45, 7) is 0. The fourth-order valence-electron chi connectivity index (χ4n) is 1.24. The van der Waals surface area contributed by atoms with Gasteiger partial charge in [0.2, 0.25) is 11.8 Å². The van der Waals surface area contributed by atoms with Crippen molar-refractivity contribution in [3.05, 3.63) is 30.3 Å². The van der Waals surface area contributed by atoms with E-state index in [1.165, 1.54) is 24.3 Å². The molecule has 0 heterocycles. The van der Waals surface area contributed by atoms with E-state index in [1.807, 2.05) is 5.32 Å². The molecule has 4 nitrogen and oxygen atoms in total. The van der Waals surface area contributed by atoms with Crippen molar-refractivity contribution < 1.29 is 27.5 Å². The third-order valence-electron chi connectivity index (χ3n) is 2.07. The Morgan fingerprint density at radius 3 is 2.22 bits per heavy atom. The minimum absolute atomic E-state index is 0.167. The van der Waals surface area contributed by atoms with Crippen LogP contribution < -0.4 is 5.32 Å². The predicted molar refractivity (Wildman–Crippen MR) is 56.6 cm³/mol. The van der Waals surface area contributed by atoms with Crippen LogP contribution in [0.3, 0.4) is 0 Å². The highest BCUT2D eigenvalue weighted by atomic mass is 19.4. The second kappa shape index (κ2) is 5.52. The molecule has 1 aromatic rings. The molecule has 18 heavy (non-hydrogen) atoms. The summed E-state index contributed by atoms with van der Waals surface area (Å²) in [6, 6.07) is 7.52. The maximum absolute atomic E-state index is 12.5. The Balaban J connectivity index is 2.88. The second-order valence-corrected chi connectivity index (χ2v) is 3.35. The molecule has 0 radical (unpaired) electrons. The molecule has 0 saturated carbocycles. The first-order valence-electron chi connectivity index (χ1n) is 4.86. The first-order valence-corrected chi connectivity index (χ1v) is 4.86. The minimum atomic E-state index is -4.99. The molecule has 0 fully saturated rings. The molecule has 0 spiro atoms. The number of alkyl halides is 3. The SMILES string of the molecule is COC(=O)C(C(=O)Nc1ccccc1)C(F)(F)F. The fraction of sp³-hybridized carbons (Fsp3) is 0.273. The molecule has 0 bridgehead atoms. The van der Waals surface area contributed by atoms with Gasteiger partial charge in [-0.3, -0.25) is 9.59 Å². The molecule has 0 aliphatic rings. The van der Waals surface area contributed by atoms with Crippen LogP contribution >= 0.6 is 0 Å². The third-order valence-corrected chi connectivity index (χ3v) is 2.07. The summed E-state index contributed by atoms with van der Waals surface area (Å²) in [6.07, 6.45) is -4.99. The van der Waals surface area contributed by atoms with E-state index in [-0.39, 0.29) is 5.69 Å². The predicted octanol–water partition coefficient (Wildman–Crippen LogP) is 1.98. The molecule has 1 amide bonds. The number of para-hydroxylation sites is 1. The van der Waals surface area contributed by atoms with Crippen LogP contribution in [-0.2, 0) is 14.3 Å². The Kier molecular flexibility index (Phi) is 4.30. The number of ether oxygens (including phenoxy) is 1. The molecule has 0 aliphatic heterocycles. The summed E-state index contributed by atoms with van der Waals surface area (Å²) in [7, 11) is 0.789. The lowest BCUT2D eigenvalue weighted by atomic mass is 10.1. The second-order valence-electron chi connectivity index (χ2n) is 3.35. The van der Waals surface area contributed by atoms with Gasteiger partial charge in [-0.05, 0) is 12.1 Å². The van der Waals surface area contributed by atoms with Crippen LogP contribution in [0.4, 0.5) is 18.9 Å². The minimum Gasteiger partial charge on any atom is -0.468 e. The van der Waals surface area contributed by atoms with Crippen molar-refractivity contribution in [1.82, 2.24) is 0 Å². The van der Waals surface area contributed by atoms with E-state index < -0.39 is 24.0 Å². The van der Waals surface area contributed by atoms with E-state index in [4.69, 9.17) is 0 Å². The van der Waals surface area contributed by atoms with Gasteiger partial charge in [0.15, 0.2) is 0 Å². The zero-order valence-electron chi connectivity index (χ0n) is 9.32. The molecule has 0 aromatic heterocycles. The molecule has 98 valence electrons. The number of hydrogen-bond donors (Lipinski definition) is 1. The molecular formula is C11H10F3NO3. The number of carbonyl (C=O) groups is 2. The highest BCUT2D eigenvalue weighted by Crippen LogP contribution is 2.28. The van der Waals surface area contributed by atoms with E-state index in [9.17, 15) is 22.8 Å². The number of amides is 1. The Morgan fingerprint density at radius 2 is 1.78 bits per heavy atom. The number of rotatable bonds is 3. The number of benzene rings is 1. The Hall–Kier alpha value is -2.05. The van der Waals surface area contributed by atoms with Gasteiger partial charge in [0.05, 0.1) is 7.11 Å². The fourth-order valence-corrected chi connectivity index (χ4v) is 1.24. The van der Waals surface area contributed by atoms with Crippen molar-refractivity contribution in [2.75, 3.05) is 12.4 Å². The third kappa shape index (κ3) is 3.47. The van der Waals surface area contributed by atoms with Crippen LogP contribution in [0.5, 0.6) is 0 Å². The van der Waals surface area contributed by atoms with E-state index in [2.05, 4.69) is 4.74 Å². The molecular weight excluding hydrogens is 251 g/mol. The lowest BCUT2D eigenvalue weighted by molar-refractivity contribution is -0.195. The van der Waals surface area contributed by atoms with Crippen molar-refractivity contribution in [2.24, 2.45) is 5.92 Å². The van der Waals surface area contributed by atoms with Gasteiger partial charge in [-0.25, -0.2) is 0 Å². The molecule has 1 rings (SSSR count). The largest absolute Gasteiger partial charge is 0.468 e. The Bertz CT molecular complexity index is 431. The summed E-state index contributed by atoms with van der Waals surface area (Å²) in [4.78, 5) is 22.4. The summed E-state index contributed by atoms with van der Waals surface area (Å²) in [5.41, 5.74) is 0.167. The van der Waals surface area contributed by atoms with Gasteiger partial charge >= 0.3 is 12.1 Å². The molecule has 7 heteroatoms. The number of esters is 1. The van der Waals surface area contributed by atoms with Crippen LogP contribution in [0.1, 0.15) is 0 Å². The normalized spacial score (nSPS) is 12.7. The van der Waals surface area contributed by atoms with Crippen LogP contribution in [0.15, 0.2) is 30.3 Å². The number of anilines is 1. The Labute approximate surface area is 101 Å². The lowest BCUT2D eigenvalue weighted by Gasteiger charge is -2.17. The average molecular weight is 261 g/mol. The highest BCUT2D eigenvalue weighted by Gasteiger charge is 2.51. The van der Waals surface area contributed by atoms with Crippen LogP contribution in [0, 0.1) is 5.92 Å². The van der Waals surface area contributed by atoms with E-state index >= 15 is 0 Å². The van der Waals surface area contributed by atoms with Crippen LogP contribution in [-0.4, -0.2) is 25.2 Å². The summed E-state index contributed by atoms with van der Waals surface area (Å²) in [5, 5.41) is 2.00. The zero-order valence-corrected chi connectivity index (χ0v) is 9.32. The number of methoxy groups -OCH3 is 1. The first-order chi connectivity index (χ1) is 8.36. The molecule has 1 atom stereocenters. The van der Waals surface area contributed by atoms with Gasteiger partial charge in [-0.1, -0.05) is 18.2 Å². The van der Waals surface area contributed by atoms with Gasteiger partial charge in [0.1, 0.15) is 0 Å². The number of carbonyl (C=O) groups excluding carboxylic acids is 2. The van der Waals surface area contributed by atoms with Crippen LogP contribution in [0.25, 0.3) is 0 Å². The van der Waals surface area contributed by atoms with Crippen molar-refractivity contribution >= 4 is 17.6 Å². The van der Waals surface area contributed by atoms with Crippen molar-refractivity contribution in [1.29, 1.82) is 0 Å². The monoisotopic (exact) mass is 261 g/mol. The van der Waals surface area contributed by atoms with Gasteiger partial charge in [-0.2, -0.15) is 13.2 Å². The quantitative estimate of drug-likeness (QED) is 0.668. The maximum Gasteiger partial charge on any atom is 0.411 e. The molecule has 0 aliphatic carbocycles. The maximum atomic E-state index is 12.5. The Morgan fingerprint density at radius 1 is 1.22 bits per heavy atom. The van der Waals surface area contributed by atoms with E-state index in [1.54, 1.807) is 6.07 Å². The lowest BCUT2D eigenvalue weighted by Crippen LogP contribution is -2.41. The topological polar surface area (TPSA) is 55.4 Å². The van der Waals surface area contributed by atoms with Gasteiger partial charge in [-0.15, -0.1) is 0 Å². The summed E-state index contributed by atoms with van der Waals surface area (Å²) in [5.74, 6) is -5.95. The van der Waals surface area contributed by atoms with Crippen molar-refractivity contribution in [3.8, 4) is 0 Å². The molecule has 1 aromatic carbocycles. The summed E-state index contributed by atoms with van der Waals surface area (Å²) < 4.78 is 41.6. The van der Waals surface area contributed by atoms with Gasteiger partial charge in [0.25, 0.3) is 0 Å². The highest BCUT2D eigenvalue weighted by molar-refractivity contribution is 6.05. The first kappa shape index (κ1) is 14.0. The number of nitrogens with one attached hydrogen (secondary N) is 1. The average Bonchev–Trinajstić information content (AvgIpc) is 2.28. The van der Waals surface area contributed by atoms with Gasteiger partial charge in [0, 0.05) is 5.69 Å². The van der Waals surface area contributed by atoms with E-state index in [0.717, 1.165) is 7.11 Å². The standard InChI is InChI=1S/C11H10F3NO3/c1-18-10(17)8(11(12,13)14)9(16)15-7-5-3-2-4-6-7/h2-6,8H,1H3,(H,15,16). The van der Waals surface area contributed by atoms with Gasteiger partial charge < -0.3 is 10.1 Å². The summed E-state index contributed by atoms with van der Waals surface area (Å²) >= 11 is 0. The number of hydrogen-bond acceptors (Lipinski definition) is 3. The van der Waals surface area contributed by atoms with E-state index in [0.29, 0.717) is 0 Å². The molecule has 0 saturated heterocycles. The van der Waals surface area contributed by atoms with Crippen molar-refractivity contribution in [3.63, 3.8) is 0 Å². The van der Waals surface area contributed by atoms with Crippen molar-refractivity contribution in [2.45, 2.75) is 6.18 Å². The molecule has 1 unspecified atom stereocenters. The smallest absolute Gasteiger partial charge is 0.411 e. The molecule has 1 N–H and O–H groups in total. The van der Waals surface area contributed by atoms with Crippen LogP contribution in [0.2, 0.25) is 0 Å².